The predicted octanol–water partition coefficient (Wildman–Crippen LogP) is 2.10. The van der Waals surface area contributed by atoms with Crippen molar-refractivity contribution in [1.29, 1.82) is 0 Å². The lowest BCUT2D eigenvalue weighted by Gasteiger charge is -2.33. The number of hydrogen-bond acceptors (Lipinski definition) is 4. The van der Waals surface area contributed by atoms with Gasteiger partial charge in [0.2, 0.25) is 0 Å². The number of aromatic nitrogens is 2. The van der Waals surface area contributed by atoms with E-state index in [9.17, 15) is 9.59 Å². The predicted molar refractivity (Wildman–Crippen MR) is 101 cm³/mol. The van der Waals surface area contributed by atoms with Crippen molar-refractivity contribution >= 4 is 29.2 Å². The summed E-state index contributed by atoms with van der Waals surface area (Å²) in [5.74, 6) is -0.00535. The van der Waals surface area contributed by atoms with Gasteiger partial charge in [-0.2, -0.15) is 5.10 Å². The number of amides is 2. The van der Waals surface area contributed by atoms with Gasteiger partial charge in [-0.1, -0.05) is 30.7 Å². The smallest absolute Gasteiger partial charge is 0.274 e. The number of hydrogen-bond donors (Lipinski definition) is 1. The molecule has 7 nitrogen and oxygen atoms in total. The molecule has 1 fully saturated rings. The molecule has 1 aliphatic rings. The molecule has 0 unspecified atom stereocenters. The molecule has 138 valence electrons. The van der Waals surface area contributed by atoms with E-state index in [1.807, 2.05) is 0 Å². The minimum atomic E-state index is -0.339. The number of halogens is 1. The van der Waals surface area contributed by atoms with Gasteiger partial charge in [0, 0.05) is 39.3 Å². The van der Waals surface area contributed by atoms with Gasteiger partial charge in [-0.25, -0.2) is 0 Å². The van der Waals surface area contributed by atoms with Crippen molar-refractivity contribution in [3.8, 4) is 0 Å². The zero-order valence-electron chi connectivity index (χ0n) is 14.9. The van der Waals surface area contributed by atoms with Crippen molar-refractivity contribution in [2.45, 2.75) is 6.92 Å². The number of aryl methyl sites for hydroxylation is 1. The summed E-state index contributed by atoms with van der Waals surface area (Å²) in [6, 6.07) is 8.41. The summed E-state index contributed by atoms with van der Waals surface area (Å²) in [7, 11) is 1.69. The molecule has 2 amide bonds. The first-order chi connectivity index (χ1) is 12.5. The van der Waals surface area contributed by atoms with Crippen LogP contribution in [0.1, 0.15) is 27.8 Å². The Labute approximate surface area is 157 Å². The van der Waals surface area contributed by atoms with Crippen molar-refractivity contribution in [2.24, 2.45) is 7.05 Å². The normalized spacial score (nSPS) is 15.1. The number of nitrogens with one attached hydrogen (secondary N) is 1. The maximum atomic E-state index is 12.7. The summed E-state index contributed by atoms with van der Waals surface area (Å²) in [4.78, 5) is 29.2. The van der Waals surface area contributed by atoms with E-state index in [4.69, 9.17) is 11.6 Å². The molecular weight excluding hydrogens is 354 g/mol. The lowest BCUT2D eigenvalue weighted by atomic mass is 10.2. The summed E-state index contributed by atoms with van der Waals surface area (Å²) < 4.78 is 1.49. The van der Waals surface area contributed by atoms with Crippen LogP contribution in [0.4, 0.5) is 5.82 Å². The van der Waals surface area contributed by atoms with Gasteiger partial charge < -0.3 is 15.1 Å². The molecule has 2 aromatic rings. The van der Waals surface area contributed by atoms with Crippen molar-refractivity contribution in [2.75, 3.05) is 38.0 Å². The van der Waals surface area contributed by atoms with Crippen molar-refractivity contribution < 1.29 is 9.59 Å². The lowest BCUT2D eigenvalue weighted by Crippen LogP contribution is -2.48. The average molecular weight is 376 g/mol. The highest BCUT2D eigenvalue weighted by Gasteiger charge is 2.24. The van der Waals surface area contributed by atoms with E-state index in [1.165, 1.54) is 4.68 Å². The first-order valence-electron chi connectivity index (χ1n) is 8.61. The molecule has 1 aromatic heterocycles. The molecule has 0 radical (unpaired) electrons. The molecule has 26 heavy (non-hydrogen) atoms. The minimum absolute atomic E-state index is 0.116. The van der Waals surface area contributed by atoms with E-state index in [1.54, 1.807) is 42.3 Å². The SMILES string of the molecule is CCN1CCN(C(=O)c2cc(NC(=O)c3ccccc3Cl)n(C)n2)CC1. The molecule has 2 heterocycles. The first kappa shape index (κ1) is 18.4. The van der Waals surface area contributed by atoms with Crippen LogP contribution in [0.3, 0.4) is 0 Å². The highest BCUT2D eigenvalue weighted by atomic mass is 35.5. The number of anilines is 1. The van der Waals surface area contributed by atoms with Crippen LogP contribution in [0.2, 0.25) is 5.02 Å². The number of benzene rings is 1. The number of nitrogens with zero attached hydrogens (tertiary/aromatic N) is 4. The summed E-state index contributed by atoms with van der Waals surface area (Å²) in [6.07, 6.45) is 0. The van der Waals surface area contributed by atoms with Gasteiger partial charge >= 0.3 is 0 Å². The standard InChI is InChI=1S/C18H22ClN5O2/c1-3-23-8-10-24(11-9-23)18(26)15-12-16(22(2)21-15)20-17(25)13-6-4-5-7-14(13)19/h4-7,12H,3,8-11H2,1-2H3,(H,20,25). The summed E-state index contributed by atoms with van der Waals surface area (Å²) >= 11 is 6.06. The van der Waals surface area contributed by atoms with E-state index < -0.39 is 0 Å². The molecule has 0 saturated carbocycles. The number of rotatable bonds is 4. The van der Waals surface area contributed by atoms with Crippen LogP contribution in [-0.4, -0.2) is 64.1 Å². The monoisotopic (exact) mass is 375 g/mol. The van der Waals surface area contributed by atoms with E-state index in [2.05, 4.69) is 22.2 Å². The first-order valence-corrected chi connectivity index (χ1v) is 8.99. The fourth-order valence-electron chi connectivity index (χ4n) is 2.95. The van der Waals surface area contributed by atoms with Crippen LogP contribution in [-0.2, 0) is 7.05 Å². The molecule has 8 heteroatoms. The third kappa shape index (κ3) is 3.89. The van der Waals surface area contributed by atoms with E-state index in [0.717, 1.165) is 19.6 Å². The van der Waals surface area contributed by atoms with Gasteiger partial charge in [0.05, 0.1) is 10.6 Å². The van der Waals surface area contributed by atoms with Gasteiger partial charge in [0.25, 0.3) is 11.8 Å². The zero-order valence-corrected chi connectivity index (χ0v) is 15.7. The van der Waals surface area contributed by atoms with Crippen LogP contribution >= 0.6 is 11.6 Å². The summed E-state index contributed by atoms with van der Waals surface area (Å²) in [5.41, 5.74) is 0.700. The number of likely N-dealkylation sites (N-methyl/N-ethyl adjacent to an activating group) is 1. The van der Waals surface area contributed by atoms with Crippen LogP contribution in [0.5, 0.6) is 0 Å². The Morgan fingerprint density at radius 1 is 1.19 bits per heavy atom. The lowest BCUT2D eigenvalue weighted by molar-refractivity contribution is 0.0636. The van der Waals surface area contributed by atoms with Crippen molar-refractivity contribution in [3.05, 3.63) is 46.6 Å². The highest BCUT2D eigenvalue weighted by Crippen LogP contribution is 2.18. The van der Waals surface area contributed by atoms with E-state index >= 15 is 0 Å². The second kappa shape index (κ2) is 7.88. The van der Waals surface area contributed by atoms with Crippen molar-refractivity contribution in [1.82, 2.24) is 19.6 Å². The van der Waals surface area contributed by atoms with Crippen LogP contribution in [0, 0.1) is 0 Å². The Bertz CT molecular complexity index is 812. The van der Waals surface area contributed by atoms with E-state index in [0.29, 0.717) is 35.2 Å². The maximum absolute atomic E-state index is 12.7. The summed E-state index contributed by atoms with van der Waals surface area (Å²) in [6.45, 7) is 6.21. The maximum Gasteiger partial charge on any atom is 0.274 e. The Morgan fingerprint density at radius 3 is 2.54 bits per heavy atom. The molecule has 1 saturated heterocycles. The fourth-order valence-corrected chi connectivity index (χ4v) is 3.17. The van der Waals surface area contributed by atoms with Crippen LogP contribution in [0.25, 0.3) is 0 Å². The molecular formula is C18H22ClN5O2. The minimum Gasteiger partial charge on any atom is -0.335 e. The third-order valence-corrected chi connectivity index (χ3v) is 4.90. The molecule has 1 aromatic carbocycles. The molecule has 1 N–H and O–H groups in total. The highest BCUT2D eigenvalue weighted by molar-refractivity contribution is 6.34. The Morgan fingerprint density at radius 2 is 1.88 bits per heavy atom. The number of carbonyl (C=O) groups excluding carboxylic acids is 2. The fraction of sp³-hybridized carbons (Fsp3) is 0.389. The Kier molecular flexibility index (Phi) is 5.58. The van der Waals surface area contributed by atoms with Gasteiger partial charge in [-0.3, -0.25) is 14.3 Å². The topological polar surface area (TPSA) is 70.5 Å². The molecule has 3 rings (SSSR count). The van der Waals surface area contributed by atoms with Gasteiger partial charge in [-0.05, 0) is 18.7 Å². The van der Waals surface area contributed by atoms with Gasteiger partial charge in [-0.15, -0.1) is 0 Å². The molecule has 1 aliphatic heterocycles. The van der Waals surface area contributed by atoms with Crippen LogP contribution in [0.15, 0.2) is 30.3 Å². The van der Waals surface area contributed by atoms with Crippen molar-refractivity contribution in [3.63, 3.8) is 0 Å². The van der Waals surface area contributed by atoms with Crippen LogP contribution < -0.4 is 5.32 Å². The second-order valence-corrected chi connectivity index (χ2v) is 6.61. The average Bonchev–Trinajstić information content (AvgIpc) is 3.02. The molecule has 0 atom stereocenters. The second-order valence-electron chi connectivity index (χ2n) is 6.20. The van der Waals surface area contributed by atoms with Gasteiger partial charge in [0.1, 0.15) is 5.82 Å². The number of piperazine rings is 1. The largest absolute Gasteiger partial charge is 0.335 e. The molecule has 0 aliphatic carbocycles. The van der Waals surface area contributed by atoms with Gasteiger partial charge in [0.15, 0.2) is 5.69 Å². The molecule has 0 spiro atoms. The third-order valence-electron chi connectivity index (χ3n) is 4.57. The number of carbonyl (C=O) groups is 2. The Balaban J connectivity index is 1.70. The summed E-state index contributed by atoms with van der Waals surface area (Å²) in [5, 5.41) is 7.39. The molecule has 0 bridgehead atoms. The zero-order chi connectivity index (χ0) is 18.7. The quantitative estimate of drug-likeness (QED) is 0.888. The van der Waals surface area contributed by atoms with E-state index in [-0.39, 0.29) is 11.8 Å². The Hall–Kier alpha value is -2.38.